The van der Waals surface area contributed by atoms with Crippen LogP contribution in [0.4, 0.5) is 4.39 Å². The van der Waals surface area contributed by atoms with Gasteiger partial charge >= 0.3 is 0 Å². The zero-order valence-corrected chi connectivity index (χ0v) is 9.86. The van der Waals surface area contributed by atoms with E-state index in [2.05, 4.69) is 0 Å². The van der Waals surface area contributed by atoms with Crippen molar-refractivity contribution in [2.45, 2.75) is 12.5 Å². The number of methoxy groups -OCH3 is 1. The number of nitrogens with two attached hydrogens (primary N) is 1. The average molecular weight is 243 g/mol. The quantitative estimate of drug-likeness (QED) is 0.707. The molecule has 1 aromatic carbocycles. The molecule has 0 amide bonds. The number of ether oxygens (including phenoxy) is 2. The Labute approximate surface area is 100 Å². The Hall–Kier alpha value is -1.17. The summed E-state index contributed by atoms with van der Waals surface area (Å²) in [6, 6.07) is 4.62. The predicted octanol–water partition coefficient (Wildman–Crippen LogP) is 1.23. The van der Waals surface area contributed by atoms with Crippen molar-refractivity contribution in [2.75, 3.05) is 26.9 Å². The van der Waals surface area contributed by atoms with Crippen LogP contribution < -0.4 is 10.5 Å². The summed E-state index contributed by atoms with van der Waals surface area (Å²) in [4.78, 5) is 0. The minimum atomic E-state index is -0.436. The van der Waals surface area contributed by atoms with Crippen LogP contribution in [0, 0.1) is 5.82 Å². The first-order valence-electron chi connectivity index (χ1n) is 5.49. The fraction of sp³-hybridized carbons (Fsp3) is 0.500. The van der Waals surface area contributed by atoms with E-state index in [0.29, 0.717) is 18.6 Å². The summed E-state index contributed by atoms with van der Waals surface area (Å²) in [6.45, 7) is 0.720. The van der Waals surface area contributed by atoms with Gasteiger partial charge in [0.05, 0.1) is 13.2 Å². The molecule has 1 atom stereocenters. The first-order valence-corrected chi connectivity index (χ1v) is 5.49. The standard InChI is InChI=1S/C12H18FNO3/c1-16-11-4-3-9(7-10(11)13)12(8-14)17-6-2-5-15/h3-4,7,12,15H,2,5-6,8,14H2,1H3. The summed E-state index contributed by atoms with van der Waals surface area (Å²) < 4.78 is 23.8. The molecule has 96 valence electrons. The Kier molecular flexibility index (Phi) is 5.90. The van der Waals surface area contributed by atoms with Crippen molar-refractivity contribution in [3.63, 3.8) is 0 Å². The molecule has 0 saturated carbocycles. The van der Waals surface area contributed by atoms with E-state index in [-0.39, 0.29) is 25.0 Å². The Morgan fingerprint density at radius 1 is 1.47 bits per heavy atom. The summed E-state index contributed by atoms with van der Waals surface area (Å²) >= 11 is 0. The highest BCUT2D eigenvalue weighted by molar-refractivity contribution is 5.30. The predicted molar refractivity (Wildman–Crippen MR) is 62.4 cm³/mol. The molecule has 0 aliphatic rings. The number of rotatable bonds is 7. The largest absolute Gasteiger partial charge is 0.494 e. The van der Waals surface area contributed by atoms with Gasteiger partial charge in [-0.3, -0.25) is 0 Å². The molecule has 0 saturated heterocycles. The minimum Gasteiger partial charge on any atom is -0.494 e. The minimum absolute atomic E-state index is 0.0638. The third-order valence-electron chi connectivity index (χ3n) is 2.38. The number of benzene rings is 1. The summed E-state index contributed by atoms with van der Waals surface area (Å²) in [5, 5.41) is 8.65. The number of aliphatic hydroxyl groups excluding tert-OH is 1. The van der Waals surface area contributed by atoms with E-state index < -0.39 is 5.82 Å². The average Bonchev–Trinajstić information content (AvgIpc) is 2.35. The number of hydrogen-bond donors (Lipinski definition) is 2. The Bertz CT molecular complexity index is 347. The highest BCUT2D eigenvalue weighted by Crippen LogP contribution is 2.23. The molecule has 1 rings (SSSR count). The van der Waals surface area contributed by atoms with Crippen LogP contribution >= 0.6 is 0 Å². The first kappa shape index (κ1) is 13.9. The van der Waals surface area contributed by atoms with Crippen LogP contribution in [-0.4, -0.2) is 32.0 Å². The normalized spacial score (nSPS) is 12.5. The van der Waals surface area contributed by atoms with Crippen molar-refractivity contribution in [1.29, 1.82) is 0 Å². The zero-order chi connectivity index (χ0) is 12.7. The SMILES string of the molecule is COc1ccc(C(CN)OCCCO)cc1F. The molecule has 0 aliphatic heterocycles. The van der Waals surface area contributed by atoms with Gasteiger partial charge in [0.15, 0.2) is 11.6 Å². The molecule has 3 N–H and O–H groups in total. The monoisotopic (exact) mass is 243 g/mol. The number of aliphatic hydroxyl groups is 1. The van der Waals surface area contributed by atoms with Crippen molar-refractivity contribution in [3.8, 4) is 5.75 Å². The van der Waals surface area contributed by atoms with Crippen LogP contribution in [-0.2, 0) is 4.74 Å². The summed E-state index contributed by atoms with van der Waals surface area (Å²) in [7, 11) is 1.41. The molecular formula is C12H18FNO3. The third kappa shape index (κ3) is 3.96. The smallest absolute Gasteiger partial charge is 0.165 e. The second kappa shape index (κ2) is 7.21. The van der Waals surface area contributed by atoms with E-state index in [0.717, 1.165) is 0 Å². The van der Waals surface area contributed by atoms with Crippen molar-refractivity contribution in [2.24, 2.45) is 5.73 Å². The molecule has 0 aromatic heterocycles. The summed E-state index contributed by atoms with van der Waals surface area (Å²) in [5.74, 6) is -0.242. The van der Waals surface area contributed by atoms with Gasteiger partial charge in [0.1, 0.15) is 0 Å². The molecular weight excluding hydrogens is 225 g/mol. The lowest BCUT2D eigenvalue weighted by Gasteiger charge is -2.16. The molecule has 5 heteroatoms. The van der Waals surface area contributed by atoms with Crippen molar-refractivity contribution < 1.29 is 19.0 Å². The number of halogens is 1. The van der Waals surface area contributed by atoms with Gasteiger partial charge in [-0.15, -0.1) is 0 Å². The van der Waals surface area contributed by atoms with Gasteiger partial charge < -0.3 is 20.3 Å². The Morgan fingerprint density at radius 2 is 2.24 bits per heavy atom. The van der Waals surface area contributed by atoms with E-state index in [1.807, 2.05) is 0 Å². The molecule has 0 fully saturated rings. The second-order valence-electron chi connectivity index (χ2n) is 3.57. The van der Waals surface area contributed by atoms with Gasteiger partial charge in [-0.25, -0.2) is 4.39 Å². The van der Waals surface area contributed by atoms with Crippen LogP contribution in [0.3, 0.4) is 0 Å². The van der Waals surface area contributed by atoms with Crippen LogP contribution in [0.25, 0.3) is 0 Å². The van der Waals surface area contributed by atoms with E-state index in [1.54, 1.807) is 12.1 Å². The van der Waals surface area contributed by atoms with Gasteiger partial charge in [-0.1, -0.05) is 6.07 Å². The fourth-order valence-corrected chi connectivity index (χ4v) is 1.47. The van der Waals surface area contributed by atoms with Gasteiger partial charge in [0, 0.05) is 19.8 Å². The summed E-state index contributed by atoms with van der Waals surface area (Å²) in [5.41, 5.74) is 6.24. The molecule has 1 unspecified atom stereocenters. The zero-order valence-electron chi connectivity index (χ0n) is 9.86. The van der Waals surface area contributed by atoms with E-state index in [9.17, 15) is 4.39 Å². The molecule has 0 bridgehead atoms. The highest BCUT2D eigenvalue weighted by Gasteiger charge is 2.12. The fourth-order valence-electron chi connectivity index (χ4n) is 1.47. The highest BCUT2D eigenvalue weighted by atomic mass is 19.1. The maximum absolute atomic E-state index is 13.5. The molecule has 0 radical (unpaired) electrons. The Morgan fingerprint density at radius 3 is 2.76 bits per heavy atom. The van der Waals surface area contributed by atoms with Crippen molar-refractivity contribution in [1.82, 2.24) is 0 Å². The van der Waals surface area contributed by atoms with Crippen LogP contribution in [0.5, 0.6) is 5.75 Å². The Balaban J connectivity index is 2.71. The van der Waals surface area contributed by atoms with Crippen LogP contribution in [0.15, 0.2) is 18.2 Å². The lowest BCUT2D eigenvalue weighted by molar-refractivity contribution is 0.0486. The molecule has 0 aliphatic carbocycles. The molecule has 4 nitrogen and oxygen atoms in total. The molecule has 1 aromatic rings. The lowest BCUT2D eigenvalue weighted by atomic mass is 10.1. The van der Waals surface area contributed by atoms with Gasteiger partial charge in [-0.05, 0) is 24.1 Å². The maximum Gasteiger partial charge on any atom is 0.165 e. The maximum atomic E-state index is 13.5. The van der Waals surface area contributed by atoms with E-state index in [4.69, 9.17) is 20.3 Å². The van der Waals surface area contributed by atoms with Gasteiger partial charge in [0.2, 0.25) is 0 Å². The van der Waals surface area contributed by atoms with Crippen LogP contribution in [0.1, 0.15) is 18.1 Å². The van der Waals surface area contributed by atoms with Crippen molar-refractivity contribution >= 4 is 0 Å². The second-order valence-corrected chi connectivity index (χ2v) is 3.57. The third-order valence-corrected chi connectivity index (χ3v) is 2.38. The van der Waals surface area contributed by atoms with Crippen LogP contribution in [0.2, 0.25) is 0 Å². The van der Waals surface area contributed by atoms with Gasteiger partial charge in [-0.2, -0.15) is 0 Å². The number of hydrogen-bond acceptors (Lipinski definition) is 4. The van der Waals surface area contributed by atoms with E-state index in [1.165, 1.54) is 13.2 Å². The first-order chi connectivity index (χ1) is 8.22. The molecule has 0 heterocycles. The molecule has 0 spiro atoms. The summed E-state index contributed by atoms with van der Waals surface area (Å²) in [6.07, 6.45) is 0.178. The lowest BCUT2D eigenvalue weighted by Crippen LogP contribution is -2.17. The van der Waals surface area contributed by atoms with Gasteiger partial charge in [0.25, 0.3) is 0 Å². The van der Waals surface area contributed by atoms with E-state index >= 15 is 0 Å². The molecule has 17 heavy (non-hydrogen) atoms. The van der Waals surface area contributed by atoms with Crippen molar-refractivity contribution in [3.05, 3.63) is 29.6 Å². The topological polar surface area (TPSA) is 64.7 Å².